The van der Waals surface area contributed by atoms with Gasteiger partial charge in [0.1, 0.15) is 11.5 Å². The summed E-state index contributed by atoms with van der Waals surface area (Å²) in [6, 6.07) is 14.7. The van der Waals surface area contributed by atoms with E-state index in [4.69, 9.17) is 18.9 Å². The maximum Gasteiger partial charge on any atom is 0.338 e. The van der Waals surface area contributed by atoms with Gasteiger partial charge < -0.3 is 18.9 Å². The van der Waals surface area contributed by atoms with Crippen molar-refractivity contribution in [3.63, 3.8) is 0 Å². The number of rotatable bonds is 8. The smallest absolute Gasteiger partial charge is 0.338 e. The summed E-state index contributed by atoms with van der Waals surface area (Å²) in [4.78, 5) is 33.8. The minimum absolute atomic E-state index is 0.00806. The third-order valence-corrected chi connectivity index (χ3v) is 4.57. The van der Waals surface area contributed by atoms with E-state index in [0.29, 0.717) is 22.6 Å². The summed E-state index contributed by atoms with van der Waals surface area (Å²) < 4.78 is 43.8. The molecule has 10 heteroatoms. The number of carbonyl (C=O) groups is 3. The third-order valence-electron chi connectivity index (χ3n) is 4.57. The Morgan fingerprint density at radius 2 is 1.36 bits per heavy atom. The van der Waals surface area contributed by atoms with Crippen LogP contribution in [0.5, 0.6) is 23.0 Å². The van der Waals surface area contributed by atoms with Crippen molar-refractivity contribution in [3.05, 3.63) is 96.8 Å². The van der Waals surface area contributed by atoms with Gasteiger partial charge in [0.2, 0.25) is 0 Å². The van der Waals surface area contributed by atoms with Crippen molar-refractivity contribution in [2.45, 2.75) is 13.8 Å². The molecule has 0 aliphatic carbocycles. The molecule has 206 valence electrons. The molecule has 0 unspecified atom stereocenters. The Bertz CT molecular complexity index is 1380. The van der Waals surface area contributed by atoms with E-state index in [0.717, 1.165) is 17.1 Å². The average Bonchev–Trinajstić information content (AvgIpc) is 2.93. The van der Waals surface area contributed by atoms with E-state index >= 15 is 0 Å². The summed E-state index contributed by atoms with van der Waals surface area (Å²) >= 11 is 3.53. The zero-order chi connectivity index (χ0) is 29.5. The number of thiol groups is 1. The molecule has 0 spiro atoms. The predicted molar refractivity (Wildman–Crippen MR) is 149 cm³/mol. The minimum atomic E-state index is -2.01. The molecular weight excluding hydrogens is 530 g/mol. The highest BCUT2D eigenvalue weighted by molar-refractivity contribution is 7.79. The van der Waals surface area contributed by atoms with Crippen LogP contribution in [0.25, 0.3) is 10.8 Å². The molecule has 3 aromatic rings. The molecule has 0 atom stereocenters. The fraction of sp³-hybridized carbons (Fsp3) is 0.138. The van der Waals surface area contributed by atoms with Crippen molar-refractivity contribution >= 4 is 41.6 Å². The first-order valence-electron chi connectivity index (χ1n) is 11.1. The van der Waals surface area contributed by atoms with Crippen molar-refractivity contribution in [2.24, 2.45) is 0 Å². The first-order valence-corrected chi connectivity index (χ1v) is 12.0. The topological polar surface area (TPSA) is 88.1 Å². The SMILES string of the molecule is C=C(C)C(=O)Oc1ccc(C=O)c2ccccc12.C=C(C)C(=O)Oc1ccc(OC)cc1OC=C(F)F.CS. The Balaban J connectivity index is 0.000000367. The van der Waals surface area contributed by atoms with Crippen molar-refractivity contribution in [1.82, 2.24) is 0 Å². The summed E-state index contributed by atoms with van der Waals surface area (Å²) in [7, 11) is 1.41. The highest BCUT2D eigenvalue weighted by atomic mass is 32.1. The maximum atomic E-state index is 12.0. The van der Waals surface area contributed by atoms with Gasteiger partial charge >= 0.3 is 18.0 Å². The van der Waals surface area contributed by atoms with Gasteiger partial charge in [-0.05, 0) is 49.8 Å². The predicted octanol–water partition coefficient (Wildman–Crippen LogP) is 6.97. The summed E-state index contributed by atoms with van der Waals surface area (Å²) in [5.74, 6) is -0.422. The standard InChI is InChI=1S/C15H12O3.C13H12F2O4.CH4S/c1-10(2)15(17)18-14-8-7-11(9-16)12-5-3-4-6-13(12)14;1-8(2)13(16)19-10-5-4-9(17-3)6-11(10)18-7-12(14)15;1-2/h3-9H,1H2,2H3;4-7H,1H2,2-3H3;2H,1H3. The van der Waals surface area contributed by atoms with E-state index < -0.39 is 18.0 Å². The number of fused-ring (bicyclic) bond motifs is 1. The van der Waals surface area contributed by atoms with Crippen LogP contribution in [0.3, 0.4) is 0 Å². The van der Waals surface area contributed by atoms with Gasteiger partial charge in [-0.25, -0.2) is 9.59 Å². The Labute approximate surface area is 230 Å². The van der Waals surface area contributed by atoms with Gasteiger partial charge in [-0.2, -0.15) is 21.4 Å². The molecule has 0 aliphatic rings. The van der Waals surface area contributed by atoms with E-state index in [9.17, 15) is 23.2 Å². The van der Waals surface area contributed by atoms with Crippen molar-refractivity contribution < 1.29 is 42.1 Å². The molecular formula is C29H28F2O7S. The highest BCUT2D eigenvalue weighted by Crippen LogP contribution is 2.32. The van der Waals surface area contributed by atoms with Gasteiger partial charge in [-0.3, -0.25) is 4.79 Å². The van der Waals surface area contributed by atoms with E-state index in [1.165, 1.54) is 32.2 Å². The van der Waals surface area contributed by atoms with Gasteiger partial charge in [0.25, 0.3) is 0 Å². The number of methoxy groups -OCH3 is 1. The van der Waals surface area contributed by atoms with Crippen LogP contribution in [-0.2, 0) is 9.59 Å². The van der Waals surface area contributed by atoms with Gasteiger partial charge in [0, 0.05) is 28.2 Å². The number of hydrogen-bond acceptors (Lipinski definition) is 8. The zero-order valence-electron chi connectivity index (χ0n) is 21.8. The molecule has 0 heterocycles. The average molecular weight is 559 g/mol. The second-order valence-corrected chi connectivity index (χ2v) is 7.49. The van der Waals surface area contributed by atoms with Crippen LogP contribution in [0.1, 0.15) is 24.2 Å². The molecule has 0 amide bonds. The summed E-state index contributed by atoms with van der Waals surface area (Å²) in [5, 5.41) is 1.50. The first-order chi connectivity index (χ1) is 18.6. The first kappa shape index (κ1) is 32.6. The molecule has 0 N–H and O–H groups in total. The van der Waals surface area contributed by atoms with Crippen molar-refractivity contribution in [1.29, 1.82) is 0 Å². The number of benzene rings is 3. The van der Waals surface area contributed by atoms with Gasteiger partial charge in [0.15, 0.2) is 24.0 Å². The fourth-order valence-corrected chi connectivity index (χ4v) is 2.76. The maximum absolute atomic E-state index is 12.0. The Kier molecular flexibility index (Phi) is 13.7. The van der Waals surface area contributed by atoms with Crippen LogP contribution in [-0.4, -0.2) is 31.6 Å². The summed E-state index contributed by atoms with van der Waals surface area (Å²) in [5.41, 5.74) is 1.08. The van der Waals surface area contributed by atoms with E-state index in [2.05, 4.69) is 25.8 Å². The summed E-state index contributed by atoms with van der Waals surface area (Å²) in [6.07, 6.45) is 0.708. The zero-order valence-corrected chi connectivity index (χ0v) is 22.7. The molecule has 0 saturated carbocycles. The van der Waals surface area contributed by atoms with Gasteiger partial charge in [0.05, 0.1) is 7.11 Å². The monoisotopic (exact) mass is 558 g/mol. The van der Waals surface area contributed by atoms with Crippen LogP contribution in [0.15, 0.2) is 91.2 Å². The van der Waals surface area contributed by atoms with E-state index in [1.807, 2.05) is 24.3 Å². The molecule has 3 rings (SSSR count). The molecule has 0 saturated heterocycles. The lowest BCUT2D eigenvalue weighted by Crippen LogP contribution is -2.09. The number of esters is 2. The van der Waals surface area contributed by atoms with Crippen LogP contribution in [0.2, 0.25) is 0 Å². The number of aldehydes is 1. The number of ether oxygens (including phenoxy) is 4. The number of halogens is 2. The second-order valence-electron chi connectivity index (χ2n) is 7.49. The molecule has 0 fully saturated rings. The highest BCUT2D eigenvalue weighted by Gasteiger charge is 2.13. The lowest BCUT2D eigenvalue weighted by Gasteiger charge is -2.10. The number of carbonyl (C=O) groups excluding carboxylic acids is 3. The largest absolute Gasteiger partial charge is 0.497 e. The van der Waals surface area contributed by atoms with Gasteiger partial charge in [-0.15, -0.1) is 0 Å². The van der Waals surface area contributed by atoms with Crippen LogP contribution in [0.4, 0.5) is 8.78 Å². The second kappa shape index (κ2) is 16.4. The van der Waals surface area contributed by atoms with Crippen LogP contribution in [0, 0.1) is 0 Å². The lowest BCUT2D eigenvalue weighted by atomic mass is 10.0. The Hall–Kier alpha value is -4.44. The lowest BCUT2D eigenvalue weighted by molar-refractivity contribution is -0.130. The molecule has 0 radical (unpaired) electrons. The van der Waals surface area contributed by atoms with Crippen LogP contribution < -0.4 is 18.9 Å². The van der Waals surface area contributed by atoms with E-state index in [1.54, 1.807) is 25.3 Å². The normalized spacial score (nSPS) is 9.41. The van der Waals surface area contributed by atoms with E-state index in [-0.39, 0.29) is 23.3 Å². The Morgan fingerprint density at radius 3 is 1.87 bits per heavy atom. The quantitative estimate of drug-likeness (QED) is 0.0797. The van der Waals surface area contributed by atoms with Crippen molar-refractivity contribution in [3.8, 4) is 23.0 Å². The summed E-state index contributed by atoms with van der Waals surface area (Å²) in [6.45, 7) is 10.0. The van der Waals surface area contributed by atoms with Crippen molar-refractivity contribution in [2.75, 3.05) is 13.4 Å². The molecule has 0 bridgehead atoms. The Morgan fingerprint density at radius 1 is 0.821 bits per heavy atom. The molecule has 0 aromatic heterocycles. The van der Waals surface area contributed by atoms with Gasteiger partial charge in [-0.1, -0.05) is 37.4 Å². The molecule has 3 aromatic carbocycles. The third kappa shape index (κ3) is 10.1. The van der Waals surface area contributed by atoms with Crippen LogP contribution >= 0.6 is 12.6 Å². The molecule has 0 aliphatic heterocycles. The molecule has 39 heavy (non-hydrogen) atoms. The molecule has 7 nitrogen and oxygen atoms in total. The number of hydrogen-bond donors (Lipinski definition) is 1. The fourth-order valence-electron chi connectivity index (χ4n) is 2.76. The minimum Gasteiger partial charge on any atom is -0.497 e.